The first-order chi connectivity index (χ1) is 13.1. The lowest BCUT2D eigenvalue weighted by molar-refractivity contribution is -0.111. The van der Waals surface area contributed by atoms with E-state index in [0.717, 1.165) is 5.56 Å². The second-order valence-corrected chi connectivity index (χ2v) is 5.74. The second kappa shape index (κ2) is 8.23. The van der Waals surface area contributed by atoms with Gasteiger partial charge in [-0.05, 0) is 36.8 Å². The molecule has 0 saturated carbocycles. The van der Waals surface area contributed by atoms with E-state index in [2.05, 4.69) is 10.3 Å². The van der Waals surface area contributed by atoms with Gasteiger partial charge in [-0.1, -0.05) is 30.3 Å². The molecule has 0 aliphatic rings. The largest absolute Gasteiger partial charge is 0.497 e. The zero-order valence-corrected chi connectivity index (χ0v) is 15.1. The topological polar surface area (TPSA) is 80.4 Å². The van der Waals surface area contributed by atoms with E-state index in [1.807, 2.05) is 30.3 Å². The molecule has 0 radical (unpaired) electrons. The van der Waals surface area contributed by atoms with Crippen LogP contribution in [0.4, 0.5) is 5.69 Å². The van der Waals surface area contributed by atoms with Gasteiger partial charge in [0.05, 0.1) is 19.4 Å². The Morgan fingerprint density at radius 2 is 1.93 bits per heavy atom. The van der Waals surface area contributed by atoms with E-state index >= 15 is 0 Å². The van der Waals surface area contributed by atoms with Gasteiger partial charge in [-0.2, -0.15) is 0 Å². The first-order valence-corrected chi connectivity index (χ1v) is 8.53. The fourth-order valence-corrected chi connectivity index (χ4v) is 2.69. The second-order valence-electron chi connectivity index (χ2n) is 5.74. The third kappa shape index (κ3) is 4.17. The molecule has 3 aromatic rings. The molecule has 2 N–H and O–H groups in total. The van der Waals surface area contributed by atoms with Gasteiger partial charge in [-0.25, -0.2) is 4.79 Å². The molecule has 0 fully saturated rings. The van der Waals surface area contributed by atoms with Gasteiger partial charge in [0.15, 0.2) is 0 Å². The average molecular weight is 364 g/mol. The maximum atomic E-state index is 12.4. The number of nitrogens with one attached hydrogen (secondary N) is 2. The molecule has 0 aliphatic carbocycles. The first kappa shape index (κ1) is 18.3. The Hall–Kier alpha value is -3.54. The Bertz CT molecular complexity index is 990. The number of carbonyl (C=O) groups is 2. The fourth-order valence-electron chi connectivity index (χ4n) is 2.69. The molecule has 0 spiro atoms. The summed E-state index contributed by atoms with van der Waals surface area (Å²) in [5.74, 6) is -0.268. The van der Waals surface area contributed by atoms with Crippen molar-refractivity contribution in [2.75, 3.05) is 19.0 Å². The molecule has 1 aromatic heterocycles. The van der Waals surface area contributed by atoms with E-state index < -0.39 is 5.97 Å². The lowest BCUT2D eigenvalue weighted by atomic mass is 10.2. The van der Waals surface area contributed by atoms with E-state index in [-0.39, 0.29) is 18.2 Å². The normalized spacial score (nSPS) is 10.9. The molecule has 0 bridgehead atoms. The minimum atomic E-state index is -0.532. The summed E-state index contributed by atoms with van der Waals surface area (Å²) in [4.78, 5) is 27.7. The molecule has 0 atom stereocenters. The summed E-state index contributed by atoms with van der Waals surface area (Å²) in [7, 11) is 1.56. The molecular formula is C21H20N2O4. The highest BCUT2D eigenvalue weighted by atomic mass is 16.5. The number of methoxy groups -OCH3 is 1. The van der Waals surface area contributed by atoms with Gasteiger partial charge in [-0.15, -0.1) is 0 Å². The predicted octanol–water partition coefficient (Wildman–Crippen LogP) is 4.01. The molecule has 6 nitrogen and oxygen atoms in total. The third-order valence-electron chi connectivity index (χ3n) is 3.96. The van der Waals surface area contributed by atoms with E-state index in [9.17, 15) is 9.59 Å². The number of aromatic nitrogens is 1. The monoisotopic (exact) mass is 364 g/mol. The van der Waals surface area contributed by atoms with Crippen molar-refractivity contribution in [1.82, 2.24) is 4.98 Å². The van der Waals surface area contributed by atoms with Gasteiger partial charge in [0, 0.05) is 17.0 Å². The standard InChI is InChI=1S/C21H20N2O4/c1-3-27-21(25)20-19(16-13-15(26-2)10-11-17(16)22-20)23-18(24)12-9-14-7-5-4-6-8-14/h4-13,22H,3H2,1-2H3,(H,23,24)/b12-9+. The van der Waals surface area contributed by atoms with Gasteiger partial charge in [0.25, 0.3) is 0 Å². The van der Waals surface area contributed by atoms with Crippen LogP contribution < -0.4 is 10.1 Å². The van der Waals surface area contributed by atoms with Crippen molar-refractivity contribution in [2.24, 2.45) is 0 Å². The van der Waals surface area contributed by atoms with Crippen molar-refractivity contribution in [3.63, 3.8) is 0 Å². The molecule has 2 aromatic carbocycles. The van der Waals surface area contributed by atoms with E-state index in [4.69, 9.17) is 9.47 Å². The summed E-state index contributed by atoms with van der Waals surface area (Å²) in [6, 6.07) is 14.8. The van der Waals surface area contributed by atoms with Crippen molar-refractivity contribution in [3.05, 3.63) is 65.9 Å². The van der Waals surface area contributed by atoms with Crippen LogP contribution >= 0.6 is 0 Å². The van der Waals surface area contributed by atoms with E-state index in [1.54, 1.807) is 38.3 Å². The van der Waals surface area contributed by atoms with E-state index in [0.29, 0.717) is 22.3 Å². The highest BCUT2D eigenvalue weighted by molar-refractivity contribution is 6.13. The highest BCUT2D eigenvalue weighted by Crippen LogP contribution is 2.31. The van der Waals surface area contributed by atoms with Gasteiger partial charge < -0.3 is 19.8 Å². The molecule has 138 valence electrons. The minimum Gasteiger partial charge on any atom is -0.497 e. The van der Waals surface area contributed by atoms with Crippen molar-refractivity contribution < 1.29 is 19.1 Å². The van der Waals surface area contributed by atoms with Gasteiger partial charge in [-0.3, -0.25) is 4.79 Å². The number of anilines is 1. The van der Waals surface area contributed by atoms with Gasteiger partial charge in [0.2, 0.25) is 5.91 Å². The average Bonchev–Trinajstić information content (AvgIpc) is 3.05. The number of benzene rings is 2. The molecule has 0 unspecified atom stereocenters. The Morgan fingerprint density at radius 3 is 2.63 bits per heavy atom. The van der Waals surface area contributed by atoms with Crippen molar-refractivity contribution in [2.45, 2.75) is 6.92 Å². The van der Waals surface area contributed by atoms with Crippen LogP contribution in [0.15, 0.2) is 54.6 Å². The summed E-state index contributed by atoms with van der Waals surface area (Å²) < 4.78 is 10.3. The van der Waals surface area contributed by atoms with Gasteiger partial charge >= 0.3 is 5.97 Å². The number of rotatable bonds is 6. The summed E-state index contributed by atoms with van der Waals surface area (Å²) in [6.45, 7) is 1.96. The van der Waals surface area contributed by atoms with Crippen LogP contribution in [0.5, 0.6) is 5.75 Å². The summed E-state index contributed by atoms with van der Waals surface area (Å²) in [5, 5.41) is 3.45. The number of H-pyrrole nitrogens is 1. The fraction of sp³-hybridized carbons (Fsp3) is 0.143. The molecule has 1 heterocycles. The van der Waals surface area contributed by atoms with Crippen molar-refractivity contribution in [3.8, 4) is 5.75 Å². The maximum Gasteiger partial charge on any atom is 0.356 e. The number of ether oxygens (including phenoxy) is 2. The quantitative estimate of drug-likeness (QED) is 0.512. The number of carbonyl (C=O) groups excluding carboxylic acids is 2. The Balaban J connectivity index is 1.95. The lowest BCUT2D eigenvalue weighted by Crippen LogP contribution is -2.13. The third-order valence-corrected chi connectivity index (χ3v) is 3.96. The lowest BCUT2D eigenvalue weighted by Gasteiger charge is -2.06. The molecule has 6 heteroatoms. The molecule has 1 amide bonds. The number of amides is 1. The van der Waals surface area contributed by atoms with Gasteiger partial charge in [0.1, 0.15) is 11.4 Å². The van der Waals surface area contributed by atoms with Crippen LogP contribution in [0, 0.1) is 0 Å². The van der Waals surface area contributed by atoms with Crippen molar-refractivity contribution in [1.29, 1.82) is 0 Å². The van der Waals surface area contributed by atoms with Crippen LogP contribution in [0.1, 0.15) is 23.0 Å². The zero-order valence-electron chi connectivity index (χ0n) is 15.1. The molecule has 0 saturated heterocycles. The molecule has 27 heavy (non-hydrogen) atoms. The van der Waals surface area contributed by atoms with Crippen LogP contribution in [0.25, 0.3) is 17.0 Å². The molecule has 0 aliphatic heterocycles. The summed E-state index contributed by atoms with van der Waals surface area (Å²) >= 11 is 0. The van der Waals surface area contributed by atoms with Crippen LogP contribution in [0.2, 0.25) is 0 Å². The first-order valence-electron chi connectivity index (χ1n) is 8.53. The number of fused-ring (bicyclic) bond motifs is 1. The van der Waals surface area contributed by atoms with Crippen LogP contribution in [-0.2, 0) is 9.53 Å². The van der Waals surface area contributed by atoms with Crippen LogP contribution in [-0.4, -0.2) is 30.6 Å². The maximum absolute atomic E-state index is 12.4. The predicted molar refractivity (Wildman–Crippen MR) is 105 cm³/mol. The Kier molecular flexibility index (Phi) is 5.56. The highest BCUT2D eigenvalue weighted by Gasteiger charge is 2.20. The molecule has 3 rings (SSSR count). The number of esters is 1. The Labute approximate surface area is 156 Å². The van der Waals surface area contributed by atoms with E-state index in [1.165, 1.54) is 6.08 Å². The smallest absolute Gasteiger partial charge is 0.356 e. The summed E-state index contributed by atoms with van der Waals surface area (Å²) in [5.41, 5.74) is 2.16. The number of hydrogen-bond donors (Lipinski definition) is 2. The number of aromatic amines is 1. The molecular weight excluding hydrogens is 344 g/mol. The Morgan fingerprint density at radius 1 is 1.15 bits per heavy atom. The summed E-state index contributed by atoms with van der Waals surface area (Å²) in [6.07, 6.45) is 3.12. The van der Waals surface area contributed by atoms with Crippen molar-refractivity contribution >= 4 is 34.5 Å². The number of hydrogen-bond acceptors (Lipinski definition) is 4. The van der Waals surface area contributed by atoms with Crippen LogP contribution in [0.3, 0.4) is 0 Å². The minimum absolute atomic E-state index is 0.196. The SMILES string of the molecule is CCOC(=O)c1[nH]c2ccc(OC)cc2c1NC(=O)/C=C/c1ccccc1. The zero-order chi connectivity index (χ0) is 19.2.